The normalized spacial score (nSPS) is 17.4. The Kier molecular flexibility index (Phi) is 6.41. The molecule has 1 atom stereocenters. The third-order valence-electron chi connectivity index (χ3n) is 5.84. The van der Waals surface area contributed by atoms with Crippen LogP contribution in [0.25, 0.3) is 22.9 Å². The minimum absolute atomic E-state index is 0.0458. The number of hydrogen-bond donors (Lipinski definition) is 0. The summed E-state index contributed by atoms with van der Waals surface area (Å²) in [5.74, 6) is 0.883. The summed E-state index contributed by atoms with van der Waals surface area (Å²) in [4.78, 5) is 14.9. The highest BCUT2D eigenvalue weighted by Crippen LogP contribution is 2.27. The maximum atomic E-state index is 13.2. The van der Waals surface area contributed by atoms with E-state index >= 15 is 0 Å². The highest BCUT2D eigenvalue weighted by molar-refractivity contribution is 7.91. The Hall–Kier alpha value is -3.00. The van der Waals surface area contributed by atoms with Crippen LogP contribution >= 0.6 is 0 Å². The van der Waals surface area contributed by atoms with Crippen molar-refractivity contribution in [2.24, 2.45) is 0 Å². The van der Waals surface area contributed by atoms with E-state index in [9.17, 15) is 13.2 Å². The molecule has 1 amide bonds. The molecule has 0 bridgehead atoms. The number of hydrogen-bond acceptors (Lipinski definition) is 6. The smallest absolute Gasteiger partial charge is 0.254 e. The molecule has 8 heteroatoms. The average Bonchev–Trinajstić information content (AvgIpc) is 3.41. The van der Waals surface area contributed by atoms with Crippen molar-refractivity contribution in [3.05, 3.63) is 59.7 Å². The topological polar surface area (TPSA) is 93.4 Å². The van der Waals surface area contributed by atoms with Gasteiger partial charge in [-0.3, -0.25) is 4.79 Å². The van der Waals surface area contributed by atoms with E-state index in [0.29, 0.717) is 30.3 Å². The van der Waals surface area contributed by atoms with E-state index in [1.165, 1.54) is 0 Å². The zero-order valence-corrected chi connectivity index (χ0v) is 19.1. The van der Waals surface area contributed by atoms with E-state index in [0.717, 1.165) is 29.5 Å². The molecule has 1 saturated heterocycles. The van der Waals surface area contributed by atoms with Crippen molar-refractivity contribution in [1.82, 2.24) is 15.1 Å². The van der Waals surface area contributed by atoms with Crippen LogP contribution < -0.4 is 0 Å². The molecule has 0 saturated carbocycles. The van der Waals surface area contributed by atoms with Crippen molar-refractivity contribution in [2.75, 3.05) is 18.1 Å². The molecule has 1 fully saturated rings. The number of aryl methyl sites for hydroxylation is 1. The monoisotopic (exact) mass is 453 g/mol. The zero-order valence-electron chi connectivity index (χ0n) is 18.3. The lowest BCUT2D eigenvalue weighted by Gasteiger charge is -2.28. The fraction of sp³-hybridized carbons (Fsp3) is 0.375. The molecular weight excluding hydrogens is 426 g/mol. The van der Waals surface area contributed by atoms with Crippen LogP contribution in [0.5, 0.6) is 0 Å². The number of benzene rings is 2. The fourth-order valence-corrected chi connectivity index (χ4v) is 5.71. The summed E-state index contributed by atoms with van der Waals surface area (Å²) >= 11 is 0. The van der Waals surface area contributed by atoms with Crippen LogP contribution in [-0.4, -0.2) is 53.5 Å². The van der Waals surface area contributed by atoms with Gasteiger partial charge in [0, 0.05) is 29.3 Å². The molecular formula is C24H27N3O4S. The Morgan fingerprint density at radius 2 is 1.81 bits per heavy atom. The lowest BCUT2D eigenvalue weighted by atomic mass is 10.1. The van der Waals surface area contributed by atoms with Gasteiger partial charge in [-0.25, -0.2) is 8.42 Å². The third kappa shape index (κ3) is 4.75. The molecule has 2 heterocycles. The molecule has 168 valence electrons. The van der Waals surface area contributed by atoms with Crippen LogP contribution in [-0.2, 0) is 9.84 Å². The molecule has 0 aliphatic carbocycles. The number of carbonyl (C=O) groups excluding carboxylic acids is 1. The molecule has 3 aromatic rings. The molecule has 1 unspecified atom stereocenters. The van der Waals surface area contributed by atoms with Crippen LogP contribution in [0.4, 0.5) is 0 Å². The van der Waals surface area contributed by atoms with E-state index in [1.54, 1.807) is 29.2 Å². The average molecular weight is 454 g/mol. The lowest BCUT2D eigenvalue weighted by Crippen LogP contribution is -2.41. The van der Waals surface area contributed by atoms with Crippen molar-refractivity contribution in [3.63, 3.8) is 0 Å². The minimum atomic E-state index is -3.07. The molecule has 2 aromatic carbocycles. The van der Waals surface area contributed by atoms with Gasteiger partial charge in [-0.05, 0) is 55.7 Å². The molecule has 4 rings (SSSR count). The fourth-order valence-electron chi connectivity index (χ4n) is 3.98. The lowest BCUT2D eigenvalue weighted by molar-refractivity contribution is 0.0694. The van der Waals surface area contributed by atoms with Crippen LogP contribution in [0, 0.1) is 6.92 Å². The maximum Gasteiger partial charge on any atom is 0.254 e. The number of amides is 1. The second-order valence-corrected chi connectivity index (χ2v) is 10.4. The van der Waals surface area contributed by atoms with E-state index < -0.39 is 9.84 Å². The second-order valence-electron chi connectivity index (χ2n) is 8.21. The molecule has 1 aliphatic heterocycles. The first-order chi connectivity index (χ1) is 15.4. The first-order valence-corrected chi connectivity index (χ1v) is 12.7. The summed E-state index contributed by atoms with van der Waals surface area (Å²) < 4.78 is 29.7. The van der Waals surface area contributed by atoms with Gasteiger partial charge in [0.05, 0.1) is 11.5 Å². The second kappa shape index (κ2) is 9.24. The molecule has 0 N–H and O–H groups in total. The van der Waals surface area contributed by atoms with Crippen LogP contribution in [0.2, 0.25) is 0 Å². The number of nitrogens with zero attached hydrogens (tertiary/aromatic N) is 3. The van der Waals surface area contributed by atoms with Gasteiger partial charge in [0.15, 0.2) is 9.84 Å². The van der Waals surface area contributed by atoms with E-state index in [1.807, 2.05) is 31.2 Å². The van der Waals surface area contributed by atoms with Gasteiger partial charge in [0.1, 0.15) is 0 Å². The van der Waals surface area contributed by atoms with Gasteiger partial charge >= 0.3 is 0 Å². The number of aromatic nitrogens is 2. The molecule has 1 aromatic heterocycles. The van der Waals surface area contributed by atoms with Crippen LogP contribution in [0.1, 0.15) is 42.1 Å². The predicted molar refractivity (Wildman–Crippen MR) is 123 cm³/mol. The Balaban J connectivity index is 1.53. The summed E-state index contributed by atoms with van der Waals surface area (Å²) in [6, 6.07) is 14.6. The van der Waals surface area contributed by atoms with E-state index in [2.05, 4.69) is 17.1 Å². The molecule has 0 spiro atoms. The van der Waals surface area contributed by atoms with Gasteiger partial charge < -0.3 is 9.32 Å². The summed E-state index contributed by atoms with van der Waals surface area (Å²) in [6.45, 7) is 4.60. The van der Waals surface area contributed by atoms with Crippen molar-refractivity contribution < 1.29 is 17.6 Å². The largest absolute Gasteiger partial charge is 0.416 e. The number of unbranched alkanes of at least 4 members (excludes halogenated alkanes) is 1. The maximum absolute atomic E-state index is 13.2. The third-order valence-corrected chi connectivity index (χ3v) is 7.59. The number of sulfone groups is 1. The van der Waals surface area contributed by atoms with Crippen molar-refractivity contribution in [2.45, 2.75) is 39.2 Å². The highest BCUT2D eigenvalue weighted by Gasteiger charge is 2.34. The highest BCUT2D eigenvalue weighted by atomic mass is 32.2. The molecule has 7 nitrogen and oxygen atoms in total. The standard InChI is InChI=1S/C24H27N3O4S/c1-3-4-14-27(20-13-15-32(29,30)16-20)24(28)19-11-9-18(10-12-19)22-25-26-23(31-22)21-8-6-5-7-17(21)2/h5-12,20H,3-4,13-16H2,1-2H3. The predicted octanol–water partition coefficient (Wildman–Crippen LogP) is 4.14. The quantitative estimate of drug-likeness (QED) is 0.534. The van der Waals surface area contributed by atoms with Gasteiger partial charge in [0.2, 0.25) is 11.8 Å². The van der Waals surface area contributed by atoms with Crippen molar-refractivity contribution in [3.8, 4) is 22.9 Å². The zero-order chi connectivity index (χ0) is 22.7. The summed E-state index contributed by atoms with van der Waals surface area (Å²) in [5.41, 5.74) is 3.17. The summed E-state index contributed by atoms with van der Waals surface area (Å²) in [7, 11) is -3.07. The van der Waals surface area contributed by atoms with Gasteiger partial charge in [0.25, 0.3) is 5.91 Å². The SMILES string of the molecule is CCCCN(C(=O)c1ccc(-c2nnc(-c3ccccc3C)o2)cc1)C1CCS(=O)(=O)C1. The van der Waals surface area contributed by atoms with Gasteiger partial charge in [-0.1, -0.05) is 31.5 Å². The van der Waals surface area contributed by atoms with Crippen LogP contribution in [0.3, 0.4) is 0 Å². The number of carbonyl (C=O) groups is 1. The number of rotatable bonds is 7. The Bertz CT molecular complexity index is 1200. The Labute approximate surface area is 188 Å². The van der Waals surface area contributed by atoms with Crippen LogP contribution in [0.15, 0.2) is 52.9 Å². The first kappa shape index (κ1) is 22.2. The summed E-state index contributed by atoms with van der Waals surface area (Å²) in [6.07, 6.45) is 2.27. The van der Waals surface area contributed by atoms with Gasteiger partial charge in [-0.2, -0.15) is 0 Å². The minimum Gasteiger partial charge on any atom is -0.416 e. The first-order valence-electron chi connectivity index (χ1n) is 10.9. The van der Waals surface area contributed by atoms with Gasteiger partial charge in [-0.15, -0.1) is 10.2 Å². The van der Waals surface area contributed by atoms with Crippen molar-refractivity contribution >= 4 is 15.7 Å². The Morgan fingerprint density at radius 1 is 1.09 bits per heavy atom. The summed E-state index contributed by atoms with van der Waals surface area (Å²) in [5, 5.41) is 8.31. The molecule has 1 aliphatic rings. The Morgan fingerprint density at radius 3 is 2.47 bits per heavy atom. The molecule has 0 radical (unpaired) electrons. The molecule has 32 heavy (non-hydrogen) atoms. The van der Waals surface area contributed by atoms with Crippen molar-refractivity contribution in [1.29, 1.82) is 0 Å². The van der Waals surface area contributed by atoms with E-state index in [4.69, 9.17) is 4.42 Å². The van der Waals surface area contributed by atoms with E-state index in [-0.39, 0.29) is 23.5 Å².